The average molecular weight is 843 g/mol. The van der Waals surface area contributed by atoms with E-state index in [1.165, 1.54) is 48.5 Å². The van der Waals surface area contributed by atoms with Crippen LogP contribution in [0.15, 0.2) is 115 Å². The normalized spacial score (nSPS) is 25.2. The van der Waals surface area contributed by atoms with Crippen LogP contribution in [0, 0.1) is 0 Å². The first kappa shape index (κ1) is 40.5. The number of phenolic OH excluding ortho intramolecular Hbond substituents is 6. The van der Waals surface area contributed by atoms with Crippen LogP contribution in [-0.4, -0.2) is 88.4 Å². The fraction of sp³-hybridized carbons (Fsp3) is 0.208. The number of rotatable bonds is 9. The summed E-state index contributed by atoms with van der Waals surface area (Å²) in [6.07, 6.45) is -6.04. The van der Waals surface area contributed by atoms with Crippen LogP contribution < -0.4 is 14.2 Å². The molecule has 0 bridgehead atoms. The van der Waals surface area contributed by atoms with Crippen molar-refractivity contribution in [1.29, 1.82) is 0 Å². The van der Waals surface area contributed by atoms with Gasteiger partial charge in [-0.15, -0.1) is 0 Å². The van der Waals surface area contributed by atoms with E-state index in [0.29, 0.717) is 44.7 Å². The Bertz CT molecular complexity index is 2610. The third kappa shape index (κ3) is 7.54. The number of benzene rings is 6. The van der Waals surface area contributed by atoms with Gasteiger partial charge in [-0.1, -0.05) is 48.6 Å². The van der Waals surface area contributed by atoms with Gasteiger partial charge in [0.2, 0.25) is 6.29 Å². The van der Waals surface area contributed by atoms with Gasteiger partial charge in [-0.05, 0) is 94.0 Å². The maximum absolute atomic E-state index is 11.1. The van der Waals surface area contributed by atoms with Gasteiger partial charge < -0.3 is 70.0 Å². The molecule has 1 fully saturated rings. The van der Waals surface area contributed by atoms with Gasteiger partial charge in [-0.2, -0.15) is 0 Å². The van der Waals surface area contributed by atoms with Crippen LogP contribution in [0.3, 0.4) is 0 Å². The summed E-state index contributed by atoms with van der Waals surface area (Å²) < 4.78 is 25.6. The lowest BCUT2D eigenvalue weighted by Crippen LogP contribution is -2.60. The first-order valence-electron chi connectivity index (χ1n) is 19.8. The van der Waals surface area contributed by atoms with Gasteiger partial charge in [0.25, 0.3) is 0 Å². The molecule has 6 aromatic carbocycles. The first-order valence-corrected chi connectivity index (χ1v) is 19.8. The zero-order valence-corrected chi connectivity index (χ0v) is 32.6. The molecule has 0 spiro atoms. The zero-order valence-electron chi connectivity index (χ0n) is 32.6. The second kappa shape index (κ2) is 16.2. The average Bonchev–Trinajstić information content (AvgIpc) is 3.83. The maximum atomic E-state index is 11.1. The van der Waals surface area contributed by atoms with Crippen molar-refractivity contribution in [1.82, 2.24) is 0 Å². The molecule has 62 heavy (non-hydrogen) atoms. The molecule has 3 aliphatic rings. The van der Waals surface area contributed by atoms with Gasteiger partial charge in [-0.3, -0.25) is 0 Å². The summed E-state index contributed by atoms with van der Waals surface area (Å²) in [6, 6.07) is 30.0. The Morgan fingerprint density at radius 1 is 0.500 bits per heavy atom. The van der Waals surface area contributed by atoms with Crippen molar-refractivity contribution in [2.75, 3.05) is 6.61 Å². The van der Waals surface area contributed by atoms with Crippen LogP contribution in [0.25, 0.3) is 12.2 Å². The molecule has 10 N–H and O–H groups in total. The largest absolute Gasteiger partial charge is 0.508 e. The minimum Gasteiger partial charge on any atom is -0.508 e. The van der Waals surface area contributed by atoms with Gasteiger partial charge in [-0.25, -0.2) is 0 Å². The highest BCUT2D eigenvalue weighted by Gasteiger charge is 2.48. The van der Waals surface area contributed by atoms with E-state index in [1.807, 2.05) is 6.08 Å². The standard InChI is InChI=1S/C48H42O14/c49-22-38-43(56)44(57)45(58)48(62-38)59-34-20-35(41-37(21-34)61-46(24-5-11-29(51)12-6-24)40(41)27-16-31(53)18-32(54)17-27)42-39-26(4-1-23-2-9-28(50)10-3-23)15-33(55)19-36(39)60-47(42)25-7-13-30(52)14-8-25/h1-21,38,40,42-58H,22H2/b4-1-. The van der Waals surface area contributed by atoms with Crippen molar-refractivity contribution in [3.63, 3.8) is 0 Å². The Morgan fingerprint density at radius 2 is 1.05 bits per heavy atom. The van der Waals surface area contributed by atoms with Gasteiger partial charge in [0, 0.05) is 29.3 Å². The Labute approximate surface area is 354 Å². The number of aromatic hydroxyl groups is 6. The van der Waals surface area contributed by atoms with E-state index in [9.17, 15) is 51.1 Å². The van der Waals surface area contributed by atoms with Crippen molar-refractivity contribution in [3.8, 4) is 51.7 Å². The van der Waals surface area contributed by atoms with Crippen LogP contribution in [0.5, 0.6) is 51.7 Å². The number of ether oxygens (including phenoxy) is 4. The number of hydrogen-bond donors (Lipinski definition) is 10. The van der Waals surface area contributed by atoms with E-state index in [1.54, 1.807) is 72.8 Å². The third-order valence-corrected chi connectivity index (χ3v) is 11.6. The molecule has 6 aromatic rings. The van der Waals surface area contributed by atoms with Gasteiger partial charge in [0.1, 0.15) is 88.4 Å². The fourth-order valence-electron chi connectivity index (χ4n) is 8.67. The van der Waals surface area contributed by atoms with E-state index >= 15 is 0 Å². The Morgan fingerprint density at radius 3 is 1.65 bits per heavy atom. The number of aliphatic hydroxyl groups excluding tert-OH is 4. The Hall–Kier alpha value is -6.94. The number of phenols is 6. The summed E-state index contributed by atoms with van der Waals surface area (Å²) in [7, 11) is 0. The number of aliphatic hydroxyl groups is 4. The summed E-state index contributed by atoms with van der Waals surface area (Å²) in [5.41, 5.74) is 4.72. The van der Waals surface area contributed by atoms with Crippen molar-refractivity contribution in [2.45, 2.75) is 54.7 Å². The highest BCUT2D eigenvalue weighted by Crippen LogP contribution is 2.60. The van der Waals surface area contributed by atoms with E-state index in [-0.39, 0.29) is 46.0 Å². The molecule has 9 unspecified atom stereocenters. The van der Waals surface area contributed by atoms with Crippen molar-refractivity contribution in [2.24, 2.45) is 0 Å². The lowest BCUT2D eigenvalue weighted by molar-refractivity contribution is -0.277. The van der Waals surface area contributed by atoms with Crippen molar-refractivity contribution in [3.05, 3.63) is 160 Å². The smallest absolute Gasteiger partial charge is 0.229 e. The molecule has 1 saturated heterocycles. The second-order valence-corrected chi connectivity index (χ2v) is 15.6. The third-order valence-electron chi connectivity index (χ3n) is 11.6. The van der Waals surface area contributed by atoms with Gasteiger partial charge in [0.05, 0.1) is 18.4 Å². The molecule has 318 valence electrons. The highest BCUT2D eigenvalue weighted by atomic mass is 16.7. The van der Waals surface area contributed by atoms with Crippen LogP contribution in [0.2, 0.25) is 0 Å². The molecule has 14 heteroatoms. The van der Waals surface area contributed by atoms with E-state index < -0.39 is 61.4 Å². The lowest BCUT2D eigenvalue weighted by atomic mass is 9.75. The van der Waals surface area contributed by atoms with Crippen LogP contribution in [-0.2, 0) is 4.74 Å². The molecular weight excluding hydrogens is 801 g/mol. The quantitative estimate of drug-likeness (QED) is 0.0775. The Kier molecular flexibility index (Phi) is 10.5. The van der Waals surface area contributed by atoms with Crippen molar-refractivity contribution < 1.29 is 70.0 Å². The van der Waals surface area contributed by atoms with Crippen LogP contribution >= 0.6 is 0 Å². The highest BCUT2D eigenvalue weighted by molar-refractivity contribution is 5.76. The monoisotopic (exact) mass is 842 g/mol. The summed E-state index contributed by atoms with van der Waals surface area (Å²) in [6.45, 7) is -0.687. The van der Waals surface area contributed by atoms with Gasteiger partial charge in [0.15, 0.2) is 0 Å². The van der Waals surface area contributed by atoms with Gasteiger partial charge >= 0.3 is 0 Å². The molecule has 3 aliphatic heterocycles. The summed E-state index contributed by atoms with van der Waals surface area (Å²) in [5.74, 6) is -1.27. The SMILES string of the molecule is OCC1OC(Oc2cc3c(c(C4c5c(/C=C\c6ccc(O)cc6)cc(O)cc5OC4c4ccc(O)cc4)c2)C(c2cc(O)cc(O)c2)C(c2ccc(O)cc2)O3)C(O)C(O)C1O. The first-order chi connectivity index (χ1) is 29.8. The van der Waals surface area contributed by atoms with Crippen LogP contribution in [0.4, 0.5) is 0 Å². The second-order valence-electron chi connectivity index (χ2n) is 15.6. The molecule has 3 heterocycles. The molecule has 0 aliphatic carbocycles. The Balaban J connectivity index is 1.30. The van der Waals surface area contributed by atoms with E-state index in [2.05, 4.69) is 0 Å². The van der Waals surface area contributed by atoms with E-state index in [0.717, 1.165) is 5.56 Å². The predicted octanol–water partition coefficient (Wildman–Crippen LogP) is 5.80. The van der Waals surface area contributed by atoms with E-state index in [4.69, 9.17) is 18.9 Å². The number of hydrogen-bond acceptors (Lipinski definition) is 14. The topological polar surface area (TPSA) is 239 Å². The molecular formula is C48H42O14. The summed E-state index contributed by atoms with van der Waals surface area (Å²) in [5, 5.41) is 106. The summed E-state index contributed by atoms with van der Waals surface area (Å²) >= 11 is 0. The van der Waals surface area contributed by atoms with Crippen molar-refractivity contribution >= 4 is 12.2 Å². The maximum Gasteiger partial charge on any atom is 0.229 e. The lowest BCUT2D eigenvalue weighted by Gasteiger charge is -2.39. The fourth-order valence-corrected chi connectivity index (χ4v) is 8.67. The molecule has 14 nitrogen and oxygen atoms in total. The molecule has 0 aromatic heterocycles. The van der Waals surface area contributed by atoms with Crippen LogP contribution in [0.1, 0.15) is 68.6 Å². The minimum atomic E-state index is -1.75. The molecule has 0 amide bonds. The molecule has 0 radical (unpaired) electrons. The molecule has 0 saturated carbocycles. The summed E-state index contributed by atoms with van der Waals surface area (Å²) in [4.78, 5) is 0. The zero-order chi connectivity index (χ0) is 43.4. The minimum absolute atomic E-state index is 0.0132. The predicted molar refractivity (Wildman–Crippen MR) is 222 cm³/mol. The molecule has 9 rings (SSSR count). The molecule has 9 atom stereocenters. The number of fused-ring (bicyclic) bond motifs is 2.